The molecule has 146 valence electrons. The smallest absolute Gasteiger partial charge is 0.355 e. The van der Waals surface area contributed by atoms with Crippen LogP contribution >= 0.6 is 0 Å². The van der Waals surface area contributed by atoms with Crippen LogP contribution in [0.4, 0.5) is 0 Å². The van der Waals surface area contributed by atoms with Gasteiger partial charge in [0.15, 0.2) is 5.78 Å². The van der Waals surface area contributed by atoms with Crippen molar-refractivity contribution in [2.45, 2.75) is 27.7 Å². The molecule has 2 rings (SSSR count). The Hall–Kier alpha value is -2.60. The van der Waals surface area contributed by atoms with Crippen LogP contribution in [-0.2, 0) is 4.74 Å². The number of hydrogen-bond donors (Lipinski definition) is 1. The number of esters is 1. The third-order valence-electron chi connectivity index (χ3n) is 4.37. The Morgan fingerprint density at radius 3 is 2.41 bits per heavy atom. The topological polar surface area (TPSA) is 71.6 Å². The Bertz CT molecular complexity index is 793. The minimum atomic E-state index is -0.433. The molecular formula is C21H28N2O4. The van der Waals surface area contributed by atoms with E-state index in [2.05, 4.69) is 4.98 Å². The van der Waals surface area contributed by atoms with Gasteiger partial charge in [0, 0.05) is 17.8 Å². The van der Waals surface area contributed by atoms with E-state index >= 15 is 0 Å². The molecule has 0 atom stereocenters. The number of aromatic amines is 1. The van der Waals surface area contributed by atoms with Crippen LogP contribution in [0.2, 0.25) is 0 Å². The number of benzene rings is 1. The molecule has 0 fully saturated rings. The summed E-state index contributed by atoms with van der Waals surface area (Å²) in [6, 6.07) is 7.87. The number of aromatic nitrogens is 1. The summed E-state index contributed by atoms with van der Waals surface area (Å²) in [6.45, 7) is 9.00. The zero-order valence-corrected chi connectivity index (χ0v) is 16.7. The number of ketones is 1. The van der Waals surface area contributed by atoms with Crippen LogP contribution in [0, 0.1) is 20.8 Å². The second-order valence-corrected chi connectivity index (χ2v) is 6.67. The van der Waals surface area contributed by atoms with Crippen LogP contribution in [0.15, 0.2) is 24.3 Å². The lowest BCUT2D eigenvalue weighted by Crippen LogP contribution is -2.30. The van der Waals surface area contributed by atoms with Crippen molar-refractivity contribution in [1.29, 1.82) is 0 Å². The average Bonchev–Trinajstić information content (AvgIpc) is 2.91. The predicted molar refractivity (Wildman–Crippen MR) is 105 cm³/mol. The van der Waals surface area contributed by atoms with Crippen molar-refractivity contribution in [3.05, 3.63) is 52.3 Å². The number of nitrogens with zero attached hydrogens (tertiary/aromatic N) is 1. The highest BCUT2D eigenvalue weighted by Gasteiger charge is 2.23. The SMILES string of the molecule is CCOC(=O)c1[nH]c(C)c(C(=O)CN(C)CCOc2ccc(C)cc2)c1C. The molecule has 0 saturated carbocycles. The Kier molecular flexibility index (Phi) is 7.19. The van der Waals surface area contributed by atoms with Gasteiger partial charge in [0.2, 0.25) is 0 Å². The largest absolute Gasteiger partial charge is 0.492 e. The summed E-state index contributed by atoms with van der Waals surface area (Å²) in [7, 11) is 1.87. The van der Waals surface area contributed by atoms with E-state index in [0.29, 0.717) is 42.3 Å². The second-order valence-electron chi connectivity index (χ2n) is 6.67. The predicted octanol–water partition coefficient (Wildman–Crippen LogP) is 3.31. The molecule has 0 saturated heterocycles. The Labute approximate surface area is 160 Å². The number of likely N-dealkylation sites (N-methyl/N-ethyl adjacent to an activating group) is 1. The molecule has 0 aliphatic heterocycles. The molecule has 27 heavy (non-hydrogen) atoms. The average molecular weight is 372 g/mol. The van der Waals surface area contributed by atoms with E-state index in [-0.39, 0.29) is 12.3 Å². The van der Waals surface area contributed by atoms with E-state index in [1.165, 1.54) is 5.56 Å². The zero-order valence-electron chi connectivity index (χ0n) is 16.7. The monoisotopic (exact) mass is 372 g/mol. The second kappa shape index (κ2) is 9.37. The van der Waals surface area contributed by atoms with Gasteiger partial charge in [-0.3, -0.25) is 9.69 Å². The highest BCUT2D eigenvalue weighted by molar-refractivity contribution is 6.03. The normalized spacial score (nSPS) is 10.9. The summed E-state index contributed by atoms with van der Waals surface area (Å²) < 4.78 is 10.7. The molecular weight excluding hydrogens is 344 g/mol. The van der Waals surface area contributed by atoms with Gasteiger partial charge in [0.1, 0.15) is 18.1 Å². The summed E-state index contributed by atoms with van der Waals surface area (Å²) in [5.74, 6) is 0.350. The molecule has 1 heterocycles. The van der Waals surface area contributed by atoms with Crippen LogP contribution in [0.1, 0.15) is 44.6 Å². The molecule has 6 nitrogen and oxygen atoms in total. The van der Waals surface area contributed by atoms with Gasteiger partial charge in [0.05, 0.1) is 13.2 Å². The van der Waals surface area contributed by atoms with Crippen LogP contribution in [0.25, 0.3) is 0 Å². The van der Waals surface area contributed by atoms with Crippen molar-refractivity contribution >= 4 is 11.8 Å². The Balaban J connectivity index is 1.92. The molecule has 0 amide bonds. The first-order valence-electron chi connectivity index (χ1n) is 9.11. The van der Waals surface area contributed by atoms with Crippen molar-refractivity contribution < 1.29 is 19.1 Å². The molecule has 1 aromatic carbocycles. The van der Waals surface area contributed by atoms with Crippen LogP contribution in [0.3, 0.4) is 0 Å². The minimum absolute atomic E-state index is 0.0327. The number of nitrogens with one attached hydrogen (secondary N) is 1. The highest BCUT2D eigenvalue weighted by Crippen LogP contribution is 2.20. The van der Waals surface area contributed by atoms with Gasteiger partial charge >= 0.3 is 5.97 Å². The molecule has 1 N–H and O–H groups in total. The van der Waals surface area contributed by atoms with Crippen LogP contribution < -0.4 is 4.74 Å². The first-order valence-corrected chi connectivity index (χ1v) is 9.11. The van der Waals surface area contributed by atoms with Crippen LogP contribution in [0.5, 0.6) is 5.75 Å². The van der Waals surface area contributed by atoms with Gasteiger partial charge in [-0.05, 0) is 52.4 Å². The maximum absolute atomic E-state index is 12.7. The molecule has 0 unspecified atom stereocenters. The number of H-pyrrole nitrogens is 1. The van der Waals surface area contributed by atoms with Gasteiger partial charge in [0.25, 0.3) is 0 Å². The van der Waals surface area contributed by atoms with Crippen molar-refractivity contribution in [3.8, 4) is 5.75 Å². The van der Waals surface area contributed by atoms with Crippen LogP contribution in [-0.4, -0.2) is 55.0 Å². The van der Waals surface area contributed by atoms with Crippen molar-refractivity contribution in [3.63, 3.8) is 0 Å². The highest BCUT2D eigenvalue weighted by atomic mass is 16.5. The number of hydrogen-bond acceptors (Lipinski definition) is 5. The van der Waals surface area contributed by atoms with E-state index < -0.39 is 5.97 Å². The zero-order chi connectivity index (χ0) is 20.0. The number of ether oxygens (including phenoxy) is 2. The van der Waals surface area contributed by atoms with E-state index in [0.717, 1.165) is 5.75 Å². The van der Waals surface area contributed by atoms with Gasteiger partial charge in [-0.25, -0.2) is 4.79 Å². The number of rotatable bonds is 9. The van der Waals surface area contributed by atoms with Gasteiger partial charge < -0.3 is 14.5 Å². The van der Waals surface area contributed by atoms with Crippen molar-refractivity contribution in [2.24, 2.45) is 0 Å². The number of Topliss-reactive ketones (excluding diaryl/α,β-unsaturated/α-hetero) is 1. The molecule has 6 heteroatoms. The maximum atomic E-state index is 12.7. The molecule has 0 bridgehead atoms. The number of carbonyl (C=O) groups is 2. The summed E-state index contributed by atoms with van der Waals surface area (Å²) in [6.07, 6.45) is 0. The third-order valence-corrected chi connectivity index (χ3v) is 4.37. The maximum Gasteiger partial charge on any atom is 0.355 e. The van der Waals surface area contributed by atoms with Crippen molar-refractivity contribution in [2.75, 3.05) is 33.4 Å². The van der Waals surface area contributed by atoms with E-state index in [4.69, 9.17) is 9.47 Å². The van der Waals surface area contributed by atoms with Gasteiger partial charge in [-0.15, -0.1) is 0 Å². The molecule has 0 spiro atoms. The third kappa shape index (κ3) is 5.44. The molecule has 1 aromatic heterocycles. The summed E-state index contributed by atoms with van der Waals surface area (Å²) >= 11 is 0. The Morgan fingerprint density at radius 2 is 1.78 bits per heavy atom. The fourth-order valence-corrected chi connectivity index (χ4v) is 2.93. The summed E-state index contributed by atoms with van der Waals surface area (Å²) in [5.41, 5.74) is 3.42. The Morgan fingerprint density at radius 1 is 1.11 bits per heavy atom. The lowest BCUT2D eigenvalue weighted by atomic mass is 10.1. The lowest BCUT2D eigenvalue weighted by Gasteiger charge is -2.16. The summed E-state index contributed by atoms with van der Waals surface area (Å²) in [5, 5.41) is 0. The van der Waals surface area contributed by atoms with Crippen molar-refractivity contribution in [1.82, 2.24) is 9.88 Å². The van der Waals surface area contributed by atoms with E-state index in [9.17, 15) is 9.59 Å². The standard InChI is InChI=1S/C21H28N2O4/c1-6-26-21(25)20-15(3)19(16(4)22-20)18(24)13-23(5)11-12-27-17-9-7-14(2)8-10-17/h7-10,22H,6,11-13H2,1-5H3. The molecule has 2 aromatic rings. The molecule has 0 radical (unpaired) electrons. The first-order chi connectivity index (χ1) is 12.8. The van der Waals surface area contributed by atoms with Gasteiger partial charge in [-0.2, -0.15) is 0 Å². The number of carbonyl (C=O) groups excluding carboxylic acids is 2. The van der Waals surface area contributed by atoms with E-state index in [1.807, 2.05) is 43.1 Å². The lowest BCUT2D eigenvalue weighted by molar-refractivity contribution is 0.0519. The van der Waals surface area contributed by atoms with Gasteiger partial charge in [-0.1, -0.05) is 17.7 Å². The first kappa shape index (κ1) is 20.7. The van der Waals surface area contributed by atoms with E-state index in [1.54, 1.807) is 20.8 Å². The quantitative estimate of drug-likeness (QED) is 0.540. The molecule has 0 aliphatic rings. The molecule has 0 aliphatic carbocycles. The minimum Gasteiger partial charge on any atom is -0.492 e. The fraction of sp³-hybridized carbons (Fsp3) is 0.429. The number of aryl methyl sites for hydroxylation is 2. The fourth-order valence-electron chi connectivity index (χ4n) is 2.93. The summed E-state index contributed by atoms with van der Waals surface area (Å²) in [4.78, 5) is 29.6.